The predicted octanol–water partition coefficient (Wildman–Crippen LogP) is 3.49. The van der Waals surface area contributed by atoms with E-state index < -0.39 is 28.2 Å². The molecule has 0 amide bonds. The van der Waals surface area contributed by atoms with E-state index in [1.807, 2.05) is 0 Å². The molecule has 1 aromatic rings. The van der Waals surface area contributed by atoms with Gasteiger partial charge in [0, 0.05) is 11.6 Å². The maximum Gasteiger partial charge on any atom is 0.355 e. The normalized spacial score (nSPS) is 11.6. The van der Waals surface area contributed by atoms with E-state index in [0.29, 0.717) is 18.2 Å². The van der Waals surface area contributed by atoms with Crippen molar-refractivity contribution in [2.45, 2.75) is 12.2 Å². The van der Waals surface area contributed by atoms with E-state index in [2.05, 4.69) is 0 Å². The molecule has 0 unspecified atom stereocenters. The number of ketones is 1. The lowest BCUT2D eigenvalue weighted by Crippen LogP contribution is -2.25. The Bertz CT molecular complexity index is 386. The van der Waals surface area contributed by atoms with E-state index in [1.54, 1.807) is 0 Å². The fourth-order valence-electron chi connectivity index (χ4n) is 1.10. The van der Waals surface area contributed by atoms with Gasteiger partial charge in [-0.25, -0.2) is 8.78 Å². The summed E-state index contributed by atoms with van der Waals surface area (Å²) in [5.41, 5.74) is -0.663. The van der Waals surface area contributed by atoms with Crippen LogP contribution < -0.4 is 0 Å². The Morgan fingerprint density at radius 3 is 2.19 bits per heavy atom. The summed E-state index contributed by atoms with van der Waals surface area (Å²) in [6.45, 7) is 1.46. The Balaban J connectivity index is 3.04. The largest absolute Gasteiger partial charge is 0.355 e. The first-order valence-electron chi connectivity index (χ1n) is 4.39. The highest BCUT2D eigenvalue weighted by Crippen LogP contribution is 2.32. The van der Waals surface area contributed by atoms with Gasteiger partial charge in [0.15, 0.2) is 0 Å². The summed E-state index contributed by atoms with van der Waals surface area (Å²) in [6, 6.07) is 1.70. The highest BCUT2D eigenvalue weighted by molar-refractivity contribution is 8.01. The molecule has 16 heavy (non-hydrogen) atoms. The van der Waals surface area contributed by atoms with E-state index in [0.717, 1.165) is 0 Å². The number of carbonyl (C=O) groups is 1. The molecular formula is C10H8F4OS. The number of benzene rings is 1. The summed E-state index contributed by atoms with van der Waals surface area (Å²) in [6.07, 6.45) is 0. The van der Waals surface area contributed by atoms with Gasteiger partial charge in [0.1, 0.15) is 11.6 Å². The summed E-state index contributed by atoms with van der Waals surface area (Å²) >= 11 is 0.120. The van der Waals surface area contributed by atoms with Gasteiger partial charge in [-0.2, -0.15) is 8.78 Å². The zero-order valence-electron chi connectivity index (χ0n) is 8.27. The Morgan fingerprint density at radius 1 is 1.25 bits per heavy atom. The van der Waals surface area contributed by atoms with Gasteiger partial charge >= 0.3 is 5.25 Å². The van der Waals surface area contributed by atoms with Crippen molar-refractivity contribution in [1.29, 1.82) is 0 Å². The molecule has 1 rings (SSSR count). The quantitative estimate of drug-likeness (QED) is 0.602. The molecular weight excluding hydrogens is 244 g/mol. The molecule has 0 N–H and O–H groups in total. The van der Waals surface area contributed by atoms with Gasteiger partial charge in [-0.1, -0.05) is 18.7 Å². The van der Waals surface area contributed by atoms with Crippen LogP contribution in [0.2, 0.25) is 0 Å². The highest BCUT2D eigenvalue weighted by Gasteiger charge is 2.39. The van der Waals surface area contributed by atoms with Crippen LogP contribution in [0, 0.1) is 11.6 Å². The van der Waals surface area contributed by atoms with Crippen molar-refractivity contribution in [2.75, 3.05) is 5.75 Å². The fourth-order valence-corrected chi connectivity index (χ4v) is 1.71. The molecule has 0 aromatic heterocycles. The van der Waals surface area contributed by atoms with Crippen LogP contribution in [0.15, 0.2) is 18.2 Å². The third kappa shape index (κ3) is 2.98. The van der Waals surface area contributed by atoms with Crippen LogP contribution in [0.1, 0.15) is 17.3 Å². The highest BCUT2D eigenvalue weighted by atomic mass is 32.2. The van der Waals surface area contributed by atoms with E-state index in [4.69, 9.17) is 0 Å². The molecule has 0 spiro atoms. The summed E-state index contributed by atoms with van der Waals surface area (Å²) < 4.78 is 51.7. The van der Waals surface area contributed by atoms with Gasteiger partial charge in [-0.15, -0.1) is 0 Å². The number of halogens is 4. The van der Waals surface area contributed by atoms with Crippen LogP contribution in [-0.4, -0.2) is 16.8 Å². The number of carbonyl (C=O) groups excluding carboxylic acids is 1. The molecule has 88 valence electrons. The van der Waals surface area contributed by atoms with Gasteiger partial charge in [-0.05, 0) is 17.9 Å². The summed E-state index contributed by atoms with van der Waals surface area (Å²) in [4.78, 5) is 11.3. The number of hydrogen-bond donors (Lipinski definition) is 0. The SMILES string of the molecule is CCSC(F)(F)C(=O)c1cc(F)cc(F)c1. The smallest absolute Gasteiger partial charge is 0.286 e. The van der Waals surface area contributed by atoms with Crippen molar-refractivity contribution in [3.8, 4) is 0 Å². The lowest BCUT2D eigenvalue weighted by atomic mass is 10.1. The number of hydrogen-bond acceptors (Lipinski definition) is 2. The number of rotatable bonds is 4. The van der Waals surface area contributed by atoms with E-state index in [-0.39, 0.29) is 17.5 Å². The Hall–Kier alpha value is -1.04. The minimum Gasteiger partial charge on any atom is -0.286 e. The molecule has 0 aliphatic rings. The number of thioether (sulfide) groups is 1. The molecule has 1 aromatic carbocycles. The summed E-state index contributed by atoms with van der Waals surface area (Å²) in [7, 11) is 0. The van der Waals surface area contributed by atoms with Crippen LogP contribution in [0.4, 0.5) is 17.6 Å². The zero-order chi connectivity index (χ0) is 12.3. The van der Waals surface area contributed by atoms with E-state index >= 15 is 0 Å². The van der Waals surface area contributed by atoms with Gasteiger partial charge in [0.25, 0.3) is 0 Å². The maximum absolute atomic E-state index is 13.1. The molecule has 0 atom stereocenters. The van der Waals surface area contributed by atoms with Crippen molar-refractivity contribution in [3.63, 3.8) is 0 Å². The molecule has 6 heteroatoms. The molecule has 0 heterocycles. The van der Waals surface area contributed by atoms with Crippen molar-refractivity contribution in [2.24, 2.45) is 0 Å². The predicted molar refractivity (Wildman–Crippen MR) is 53.8 cm³/mol. The van der Waals surface area contributed by atoms with Gasteiger partial charge in [0.2, 0.25) is 5.78 Å². The summed E-state index contributed by atoms with van der Waals surface area (Å²) in [5.74, 6) is -3.67. The standard InChI is InChI=1S/C10H8F4OS/c1-2-16-10(13,14)9(15)6-3-7(11)5-8(12)4-6/h3-5H,2H2,1H3. The Labute approximate surface area is 93.8 Å². The zero-order valence-corrected chi connectivity index (χ0v) is 9.08. The third-order valence-corrected chi connectivity index (χ3v) is 2.55. The molecule has 0 saturated carbocycles. The van der Waals surface area contributed by atoms with Crippen LogP contribution in [0.25, 0.3) is 0 Å². The number of Topliss-reactive ketones (excluding diaryl/α,β-unsaturated/α-hetero) is 1. The second-order valence-electron chi connectivity index (χ2n) is 2.94. The first-order valence-corrected chi connectivity index (χ1v) is 5.38. The van der Waals surface area contributed by atoms with Crippen LogP contribution >= 0.6 is 11.8 Å². The summed E-state index contributed by atoms with van der Waals surface area (Å²) in [5, 5.41) is -3.66. The van der Waals surface area contributed by atoms with Crippen molar-refractivity contribution < 1.29 is 22.4 Å². The average molecular weight is 252 g/mol. The second kappa shape index (κ2) is 4.86. The topological polar surface area (TPSA) is 17.1 Å². The molecule has 0 aliphatic carbocycles. The van der Waals surface area contributed by atoms with Crippen molar-refractivity contribution in [3.05, 3.63) is 35.4 Å². The van der Waals surface area contributed by atoms with Crippen molar-refractivity contribution >= 4 is 17.5 Å². The van der Waals surface area contributed by atoms with Crippen LogP contribution in [0.5, 0.6) is 0 Å². The second-order valence-corrected chi connectivity index (χ2v) is 4.32. The van der Waals surface area contributed by atoms with Gasteiger partial charge in [-0.3, -0.25) is 4.79 Å². The molecule has 0 aliphatic heterocycles. The lowest BCUT2D eigenvalue weighted by molar-refractivity contribution is 0.0566. The van der Waals surface area contributed by atoms with E-state index in [9.17, 15) is 22.4 Å². The molecule has 0 radical (unpaired) electrons. The molecule has 1 nitrogen and oxygen atoms in total. The molecule has 0 saturated heterocycles. The van der Waals surface area contributed by atoms with Gasteiger partial charge in [0.05, 0.1) is 0 Å². The molecule has 0 bridgehead atoms. The Morgan fingerprint density at radius 2 is 1.75 bits per heavy atom. The van der Waals surface area contributed by atoms with Crippen LogP contribution in [0.3, 0.4) is 0 Å². The lowest BCUT2D eigenvalue weighted by Gasteiger charge is -2.13. The minimum absolute atomic E-state index is 0.0243. The fraction of sp³-hybridized carbons (Fsp3) is 0.300. The Kier molecular flexibility index (Phi) is 3.96. The number of alkyl halides is 2. The first kappa shape index (κ1) is 13.0. The third-order valence-electron chi connectivity index (χ3n) is 1.71. The first-order chi connectivity index (χ1) is 7.36. The maximum atomic E-state index is 13.1. The van der Waals surface area contributed by atoms with Gasteiger partial charge < -0.3 is 0 Å². The molecule has 0 fully saturated rings. The monoisotopic (exact) mass is 252 g/mol. The average Bonchev–Trinajstić information content (AvgIpc) is 2.14. The minimum atomic E-state index is -3.66. The van der Waals surface area contributed by atoms with Crippen molar-refractivity contribution in [1.82, 2.24) is 0 Å². The van der Waals surface area contributed by atoms with Crippen LogP contribution in [-0.2, 0) is 0 Å². The van der Waals surface area contributed by atoms with E-state index in [1.165, 1.54) is 6.92 Å².